The van der Waals surface area contributed by atoms with Crippen molar-refractivity contribution in [2.24, 2.45) is 5.92 Å². The molecule has 2 amide bonds. The van der Waals surface area contributed by atoms with Crippen LogP contribution >= 0.6 is 11.6 Å². The highest BCUT2D eigenvalue weighted by molar-refractivity contribution is 7.92. The van der Waals surface area contributed by atoms with Crippen LogP contribution in [0, 0.1) is 19.8 Å². The van der Waals surface area contributed by atoms with E-state index in [2.05, 4.69) is 5.32 Å². The monoisotopic (exact) mass is 569 g/mol. The summed E-state index contributed by atoms with van der Waals surface area (Å²) in [5.74, 6) is -0.579. The highest BCUT2D eigenvalue weighted by atomic mass is 35.5. The summed E-state index contributed by atoms with van der Waals surface area (Å²) >= 11 is 6.05. The molecule has 7 nitrogen and oxygen atoms in total. The zero-order valence-corrected chi connectivity index (χ0v) is 24.6. The SMILES string of the molecule is Cc1ccc(N(CC(=O)N(Cc2ccc(Cl)cc2)[C@H](C)C(=O)NCC(C)C)S(=O)(=O)c2ccccc2)c(C)c1. The number of nitrogens with zero attached hydrogens (tertiary/aromatic N) is 2. The number of carbonyl (C=O) groups excluding carboxylic acids is 2. The Hall–Kier alpha value is -3.36. The molecule has 0 aliphatic carbocycles. The summed E-state index contributed by atoms with van der Waals surface area (Å²) in [5, 5.41) is 3.43. The highest BCUT2D eigenvalue weighted by Crippen LogP contribution is 2.28. The summed E-state index contributed by atoms with van der Waals surface area (Å²) < 4.78 is 28.9. The molecule has 0 spiro atoms. The lowest BCUT2D eigenvalue weighted by Crippen LogP contribution is -2.51. The van der Waals surface area contributed by atoms with Gasteiger partial charge in [-0.1, -0.05) is 73.5 Å². The van der Waals surface area contributed by atoms with E-state index in [1.807, 2.05) is 39.8 Å². The molecule has 0 heterocycles. The number of halogens is 1. The number of anilines is 1. The molecule has 39 heavy (non-hydrogen) atoms. The van der Waals surface area contributed by atoms with Gasteiger partial charge < -0.3 is 10.2 Å². The van der Waals surface area contributed by atoms with Crippen molar-refractivity contribution in [1.29, 1.82) is 0 Å². The number of benzene rings is 3. The van der Waals surface area contributed by atoms with Crippen LogP contribution in [0.15, 0.2) is 77.7 Å². The van der Waals surface area contributed by atoms with Gasteiger partial charge in [-0.3, -0.25) is 13.9 Å². The standard InChI is InChI=1S/C30H36ClN3O4S/c1-21(2)18-32-30(36)24(5)33(19-25-12-14-26(31)15-13-25)29(35)20-34(28-16-11-22(3)17-23(28)4)39(37,38)27-9-7-6-8-10-27/h6-17,21,24H,18-20H2,1-5H3,(H,32,36)/t24-/m1/s1. The fourth-order valence-electron chi connectivity index (χ4n) is 4.14. The van der Waals surface area contributed by atoms with Gasteiger partial charge in [0.25, 0.3) is 10.0 Å². The zero-order valence-electron chi connectivity index (χ0n) is 23.0. The third-order valence-electron chi connectivity index (χ3n) is 6.35. The van der Waals surface area contributed by atoms with Crippen molar-refractivity contribution in [3.8, 4) is 0 Å². The van der Waals surface area contributed by atoms with Crippen molar-refractivity contribution < 1.29 is 18.0 Å². The maximum absolute atomic E-state index is 14.0. The highest BCUT2D eigenvalue weighted by Gasteiger charge is 2.33. The Morgan fingerprint density at radius 2 is 1.56 bits per heavy atom. The van der Waals surface area contributed by atoms with Gasteiger partial charge in [-0.2, -0.15) is 0 Å². The molecule has 0 unspecified atom stereocenters. The summed E-state index contributed by atoms with van der Waals surface area (Å²) in [5.41, 5.74) is 2.86. The molecule has 3 rings (SSSR count). The Morgan fingerprint density at radius 3 is 2.15 bits per heavy atom. The Labute approximate surface area is 236 Å². The second-order valence-corrected chi connectivity index (χ2v) is 12.4. The third kappa shape index (κ3) is 7.83. The average molecular weight is 570 g/mol. The number of rotatable bonds is 11. The van der Waals surface area contributed by atoms with Gasteiger partial charge >= 0.3 is 0 Å². The minimum atomic E-state index is -4.10. The van der Waals surface area contributed by atoms with E-state index in [4.69, 9.17) is 11.6 Å². The first kappa shape index (κ1) is 30.2. The summed E-state index contributed by atoms with van der Waals surface area (Å²) in [4.78, 5) is 28.5. The van der Waals surface area contributed by atoms with Gasteiger partial charge in [0.05, 0.1) is 10.6 Å². The molecule has 0 fully saturated rings. The van der Waals surface area contributed by atoms with Crippen molar-refractivity contribution in [1.82, 2.24) is 10.2 Å². The fourth-order valence-corrected chi connectivity index (χ4v) is 5.77. The molecule has 0 saturated carbocycles. The van der Waals surface area contributed by atoms with Crippen LogP contribution in [0.4, 0.5) is 5.69 Å². The van der Waals surface area contributed by atoms with Gasteiger partial charge in [0, 0.05) is 18.1 Å². The van der Waals surface area contributed by atoms with Crippen LogP contribution in [0.5, 0.6) is 0 Å². The van der Waals surface area contributed by atoms with E-state index in [9.17, 15) is 18.0 Å². The van der Waals surface area contributed by atoms with E-state index >= 15 is 0 Å². The van der Waals surface area contributed by atoms with Crippen LogP contribution in [0.1, 0.15) is 37.5 Å². The number of hydrogen-bond donors (Lipinski definition) is 1. The first-order chi connectivity index (χ1) is 18.4. The fraction of sp³-hybridized carbons (Fsp3) is 0.333. The summed E-state index contributed by atoms with van der Waals surface area (Å²) in [7, 11) is -4.10. The Kier molecular flexibility index (Phi) is 10.2. The van der Waals surface area contributed by atoms with Crippen molar-refractivity contribution in [3.05, 3.63) is 94.5 Å². The van der Waals surface area contributed by atoms with E-state index < -0.39 is 28.5 Å². The molecule has 0 aromatic heterocycles. The van der Waals surface area contributed by atoms with Crippen LogP contribution in [0.25, 0.3) is 0 Å². The van der Waals surface area contributed by atoms with Gasteiger partial charge in [0.15, 0.2) is 0 Å². The van der Waals surface area contributed by atoms with Crippen molar-refractivity contribution in [3.63, 3.8) is 0 Å². The van der Waals surface area contributed by atoms with Crippen LogP contribution in [0.3, 0.4) is 0 Å². The molecular weight excluding hydrogens is 534 g/mol. The largest absolute Gasteiger partial charge is 0.354 e. The number of amides is 2. The van der Waals surface area contributed by atoms with E-state index in [1.165, 1.54) is 17.0 Å². The molecule has 0 aliphatic rings. The van der Waals surface area contributed by atoms with Crippen molar-refractivity contribution >= 4 is 39.1 Å². The average Bonchev–Trinajstić information content (AvgIpc) is 2.90. The van der Waals surface area contributed by atoms with Crippen molar-refractivity contribution in [2.75, 3.05) is 17.4 Å². The Morgan fingerprint density at radius 1 is 0.923 bits per heavy atom. The first-order valence-electron chi connectivity index (χ1n) is 12.9. The maximum atomic E-state index is 14.0. The predicted molar refractivity (Wildman–Crippen MR) is 156 cm³/mol. The lowest BCUT2D eigenvalue weighted by atomic mass is 10.1. The molecule has 0 aliphatic heterocycles. The lowest BCUT2D eigenvalue weighted by molar-refractivity contribution is -0.139. The summed E-state index contributed by atoms with van der Waals surface area (Å²) in [6.45, 7) is 9.45. The molecule has 0 radical (unpaired) electrons. The van der Waals surface area contributed by atoms with Gasteiger partial charge in [-0.15, -0.1) is 0 Å². The van der Waals surface area contributed by atoms with Gasteiger partial charge in [-0.25, -0.2) is 8.42 Å². The van der Waals surface area contributed by atoms with Crippen molar-refractivity contribution in [2.45, 2.75) is 52.1 Å². The Bertz CT molecular complexity index is 1390. The molecular formula is C30H36ClN3O4S. The molecule has 208 valence electrons. The van der Waals surface area contributed by atoms with E-state index in [0.717, 1.165) is 15.4 Å². The van der Waals surface area contributed by atoms with E-state index in [-0.39, 0.29) is 23.3 Å². The topological polar surface area (TPSA) is 86.8 Å². The summed E-state index contributed by atoms with van der Waals surface area (Å²) in [6, 6.07) is 19.6. The van der Waals surface area contributed by atoms with Gasteiger partial charge in [-0.05, 0) is 68.1 Å². The minimum absolute atomic E-state index is 0.0738. The zero-order chi connectivity index (χ0) is 28.7. The molecule has 3 aromatic rings. The second-order valence-electron chi connectivity index (χ2n) is 10.1. The quantitative estimate of drug-likeness (QED) is 0.338. The number of nitrogens with one attached hydrogen (secondary N) is 1. The Balaban J connectivity index is 2.03. The van der Waals surface area contributed by atoms with Crippen LogP contribution in [-0.2, 0) is 26.2 Å². The lowest BCUT2D eigenvalue weighted by Gasteiger charge is -2.32. The number of aryl methyl sites for hydroxylation is 2. The van der Waals surface area contributed by atoms with Crippen LogP contribution in [-0.4, -0.2) is 44.3 Å². The first-order valence-corrected chi connectivity index (χ1v) is 14.7. The molecule has 0 bridgehead atoms. The molecule has 1 N–H and O–H groups in total. The second kappa shape index (κ2) is 13.1. The van der Waals surface area contributed by atoms with E-state index in [1.54, 1.807) is 55.5 Å². The normalized spacial score (nSPS) is 12.2. The molecule has 3 aromatic carbocycles. The predicted octanol–water partition coefficient (Wildman–Crippen LogP) is 5.34. The number of sulfonamides is 1. The van der Waals surface area contributed by atoms with Crippen LogP contribution in [0.2, 0.25) is 5.02 Å². The van der Waals surface area contributed by atoms with Gasteiger partial charge in [0.2, 0.25) is 11.8 Å². The molecule has 0 saturated heterocycles. The smallest absolute Gasteiger partial charge is 0.264 e. The third-order valence-corrected chi connectivity index (χ3v) is 8.38. The summed E-state index contributed by atoms with van der Waals surface area (Å²) in [6.07, 6.45) is 0. The number of carbonyl (C=O) groups is 2. The molecule has 9 heteroatoms. The molecule has 1 atom stereocenters. The minimum Gasteiger partial charge on any atom is -0.354 e. The van der Waals surface area contributed by atoms with E-state index in [0.29, 0.717) is 22.8 Å². The van der Waals surface area contributed by atoms with Gasteiger partial charge in [0.1, 0.15) is 12.6 Å². The number of hydrogen-bond acceptors (Lipinski definition) is 4. The maximum Gasteiger partial charge on any atom is 0.264 e. The van der Waals surface area contributed by atoms with Crippen LogP contribution < -0.4 is 9.62 Å².